The highest BCUT2D eigenvalue weighted by molar-refractivity contribution is 5.94. The van der Waals surface area contributed by atoms with E-state index in [0.717, 1.165) is 6.21 Å². The van der Waals surface area contributed by atoms with E-state index in [1.807, 2.05) is 13.8 Å². The first-order valence-electron chi connectivity index (χ1n) is 3.88. The van der Waals surface area contributed by atoms with Gasteiger partial charge in [-0.15, -0.1) is 0 Å². The van der Waals surface area contributed by atoms with Crippen molar-refractivity contribution in [3.63, 3.8) is 0 Å². The Kier molecular flexibility index (Phi) is 4.58. The minimum atomic E-state index is -0.560. The van der Waals surface area contributed by atoms with Crippen LogP contribution in [0.1, 0.15) is 13.8 Å². The Morgan fingerprint density at radius 1 is 1.62 bits per heavy atom. The number of rotatable bonds is 4. The average Bonchev–Trinajstić information content (AvgIpc) is 2.11. The molecule has 0 aliphatic heterocycles. The second-order valence-electron chi connectivity index (χ2n) is 2.77. The SMILES string of the molecule is COC(=O)/C(NC(C)C)=C(\N)C=N. The van der Waals surface area contributed by atoms with E-state index in [4.69, 9.17) is 11.1 Å². The van der Waals surface area contributed by atoms with Crippen LogP contribution in [-0.2, 0) is 9.53 Å². The summed E-state index contributed by atoms with van der Waals surface area (Å²) >= 11 is 0. The van der Waals surface area contributed by atoms with E-state index in [9.17, 15) is 4.79 Å². The second kappa shape index (κ2) is 5.18. The van der Waals surface area contributed by atoms with Gasteiger partial charge in [-0.25, -0.2) is 4.79 Å². The zero-order valence-corrected chi connectivity index (χ0v) is 8.05. The highest BCUT2D eigenvalue weighted by Crippen LogP contribution is 1.97. The van der Waals surface area contributed by atoms with E-state index in [0.29, 0.717) is 0 Å². The van der Waals surface area contributed by atoms with Gasteiger partial charge < -0.3 is 21.2 Å². The number of allylic oxidation sites excluding steroid dienone is 1. The molecule has 0 amide bonds. The van der Waals surface area contributed by atoms with Crippen molar-refractivity contribution in [2.45, 2.75) is 19.9 Å². The van der Waals surface area contributed by atoms with E-state index in [2.05, 4.69) is 10.1 Å². The maximum atomic E-state index is 11.1. The summed E-state index contributed by atoms with van der Waals surface area (Å²) in [6.07, 6.45) is 0.904. The molecule has 0 saturated carbocycles. The van der Waals surface area contributed by atoms with Crippen molar-refractivity contribution < 1.29 is 9.53 Å². The molecule has 0 bridgehead atoms. The van der Waals surface area contributed by atoms with Gasteiger partial charge in [-0.05, 0) is 13.8 Å². The quantitative estimate of drug-likeness (QED) is 0.326. The maximum absolute atomic E-state index is 11.1. The first-order chi connectivity index (χ1) is 6.02. The number of carbonyl (C=O) groups excluding carboxylic acids is 1. The van der Waals surface area contributed by atoms with E-state index in [-0.39, 0.29) is 17.4 Å². The van der Waals surface area contributed by atoms with Crippen molar-refractivity contribution in [2.75, 3.05) is 7.11 Å². The van der Waals surface area contributed by atoms with E-state index in [1.54, 1.807) is 0 Å². The van der Waals surface area contributed by atoms with Crippen LogP contribution in [0.25, 0.3) is 0 Å². The molecule has 0 aromatic rings. The third kappa shape index (κ3) is 3.59. The number of hydrogen-bond donors (Lipinski definition) is 3. The van der Waals surface area contributed by atoms with E-state index in [1.165, 1.54) is 7.11 Å². The Morgan fingerprint density at radius 2 is 2.15 bits per heavy atom. The van der Waals surface area contributed by atoms with Crippen molar-refractivity contribution >= 4 is 12.2 Å². The summed E-state index contributed by atoms with van der Waals surface area (Å²) in [4.78, 5) is 11.1. The van der Waals surface area contributed by atoms with Gasteiger partial charge in [0.05, 0.1) is 12.8 Å². The summed E-state index contributed by atoms with van der Waals surface area (Å²) in [5, 5.41) is 9.71. The van der Waals surface area contributed by atoms with Crippen LogP contribution >= 0.6 is 0 Å². The molecule has 0 heterocycles. The third-order valence-electron chi connectivity index (χ3n) is 1.27. The molecule has 13 heavy (non-hydrogen) atoms. The largest absolute Gasteiger partial charge is 0.464 e. The van der Waals surface area contributed by atoms with Crippen LogP contribution in [0.2, 0.25) is 0 Å². The van der Waals surface area contributed by atoms with Crippen molar-refractivity contribution in [3.05, 3.63) is 11.4 Å². The number of nitrogens with one attached hydrogen (secondary N) is 2. The molecule has 0 atom stereocenters. The Morgan fingerprint density at radius 3 is 2.46 bits per heavy atom. The van der Waals surface area contributed by atoms with Crippen molar-refractivity contribution in [2.24, 2.45) is 5.73 Å². The number of nitrogens with two attached hydrogens (primary N) is 1. The lowest BCUT2D eigenvalue weighted by Gasteiger charge is -2.13. The molecule has 0 rings (SSSR count). The molecular formula is C8H15N3O2. The van der Waals surface area contributed by atoms with Gasteiger partial charge in [0.25, 0.3) is 0 Å². The molecular weight excluding hydrogens is 170 g/mol. The smallest absolute Gasteiger partial charge is 0.356 e. The Labute approximate surface area is 77.5 Å². The number of ether oxygens (including phenoxy) is 1. The molecule has 0 aliphatic carbocycles. The van der Waals surface area contributed by atoms with Gasteiger partial charge in [0, 0.05) is 12.3 Å². The summed E-state index contributed by atoms with van der Waals surface area (Å²) in [5.41, 5.74) is 5.62. The van der Waals surface area contributed by atoms with Gasteiger partial charge >= 0.3 is 5.97 Å². The molecule has 4 N–H and O–H groups in total. The predicted octanol–water partition coefficient (Wildman–Crippen LogP) is -0.0227. The van der Waals surface area contributed by atoms with Gasteiger partial charge in [0.1, 0.15) is 5.70 Å². The van der Waals surface area contributed by atoms with Crippen LogP contribution in [0.15, 0.2) is 11.4 Å². The van der Waals surface area contributed by atoms with Crippen LogP contribution in [-0.4, -0.2) is 25.3 Å². The summed E-state index contributed by atoms with van der Waals surface area (Å²) in [7, 11) is 1.27. The molecule has 0 aromatic carbocycles. The second-order valence-corrected chi connectivity index (χ2v) is 2.77. The molecule has 74 valence electrons. The molecule has 5 nitrogen and oxygen atoms in total. The zero-order chi connectivity index (χ0) is 10.4. The van der Waals surface area contributed by atoms with Crippen LogP contribution in [0, 0.1) is 5.41 Å². The first-order valence-corrected chi connectivity index (χ1v) is 3.88. The Balaban J connectivity index is 4.75. The predicted molar refractivity (Wildman–Crippen MR) is 50.3 cm³/mol. The molecule has 0 fully saturated rings. The van der Waals surface area contributed by atoms with Crippen molar-refractivity contribution in [1.82, 2.24) is 5.32 Å². The van der Waals surface area contributed by atoms with Crippen molar-refractivity contribution in [1.29, 1.82) is 5.41 Å². The number of hydrogen-bond acceptors (Lipinski definition) is 5. The fourth-order valence-corrected chi connectivity index (χ4v) is 0.723. The first kappa shape index (κ1) is 11.5. The molecule has 0 unspecified atom stereocenters. The van der Waals surface area contributed by atoms with E-state index >= 15 is 0 Å². The fraction of sp³-hybridized carbons (Fsp3) is 0.500. The topological polar surface area (TPSA) is 88.2 Å². The minimum Gasteiger partial charge on any atom is -0.464 e. The molecule has 0 radical (unpaired) electrons. The van der Waals surface area contributed by atoms with Crippen LogP contribution < -0.4 is 11.1 Å². The Bertz CT molecular complexity index is 234. The molecule has 5 heteroatoms. The molecule has 0 aliphatic rings. The third-order valence-corrected chi connectivity index (χ3v) is 1.27. The number of methoxy groups -OCH3 is 1. The van der Waals surface area contributed by atoms with Gasteiger partial charge in [0.2, 0.25) is 0 Å². The highest BCUT2D eigenvalue weighted by Gasteiger charge is 2.13. The maximum Gasteiger partial charge on any atom is 0.356 e. The van der Waals surface area contributed by atoms with Crippen LogP contribution in [0.5, 0.6) is 0 Å². The molecule has 0 spiro atoms. The lowest BCUT2D eigenvalue weighted by atomic mass is 10.3. The fourth-order valence-electron chi connectivity index (χ4n) is 0.723. The average molecular weight is 185 g/mol. The van der Waals surface area contributed by atoms with Crippen LogP contribution in [0.4, 0.5) is 0 Å². The van der Waals surface area contributed by atoms with Gasteiger partial charge in [-0.3, -0.25) is 0 Å². The Hall–Kier alpha value is -1.52. The lowest BCUT2D eigenvalue weighted by Crippen LogP contribution is -2.31. The monoisotopic (exact) mass is 185 g/mol. The van der Waals surface area contributed by atoms with Crippen LogP contribution in [0.3, 0.4) is 0 Å². The zero-order valence-electron chi connectivity index (χ0n) is 8.05. The summed E-state index contributed by atoms with van der Waals surface area (Å²) < 4.78 is 4.49. The summed E-state index contributed by atoms with van der Waals surface area (Å²) in [6, 6.07) is 0.0626. The van der Waals surface area contributed by atoms with Gasteiger partial charge in [-0.2, -0.15) is 0 Å². The molecule has 0 aromatic heterocycles. The minimum absolute atomic E-state index is 0.0626. The van der Waals surface area contributed by atoms with Gasteiger partial charge in [-0.1, -0.05) is 0 Å². The highest BCUT2D eigenvalue weighted by atomic mass is 16.5. The van der Waals surface area contributed by atoms with Crippen molar-refractivity contribution in [3.8, 4) is 0 Å². The lowest BCUT2D eigenvalue weighted by molar-refractivity contribution is -0.136. The molecule has 0 saturated heterocycles. The van der Waals surface area contributed by atoms with Gasteiger partial charge in [0.15, 0.2) is 0 Å². The number of esters is 1. The van der Waals surface area contributed by atoms with E-state index < -0.39 is 5.97 Å². The summed E-state index contributed by atoms with van der Waals surface area (Å²) in [6.45, 7) is 3.72. The summed E-state index contributed by atoms with van der Waals surface area (Å²) in [5.74, 6) is -0.560. The normalized spacial score (nSPS) is 12.0. The number of carbonyl (C=O) groups is 1. The standard InChI is InChI=1S/C8H15N3O2/c1-5(2)11-7(6(10)4-9)8(12)13-3/h4-5,9,11H,10H2,1-3H3/b7-6+,9-4?.